The second-order valence-electron chi connectivity index (χ2n) is 7.81. The predicted octanol–water partition coefficient (Wildman–Crippen LogP) is 3.03. The molecule has 2 fully saturated rings. The highest BCUT2D eigenvalue weighted by Gasteiger charge is 2.36. The summed E-state index contributed by atoms with van der Waals surface area (Å²) in [6.45, 7) is 7.01. The first-order valence-corrected chi connectivity index (χ1v) is 9.59. The smallest absolute Gasteiger partial charge is 0.161 e. The molecule has 25 heavy (non-hydrogen) atoms. The minimum Gasteiger partial charge on any atom is -0.493 e. The van der Waals surface area contributed by atoms with Crippen LogP contribution in [0.3, 0.4) is 0 Å². The number of methoxy groups -OCH3 is 2. The van der Waals surface area contributed by atoms with E-state index in [4.69, 9.17) is 9.47 Å². The summed E-state index contributed by atoms with van der Waals surface area (Å²) in [5.41, 5.74) is 1.30. The summed E-state index contributed by atoms with van der Waals surface area (Å²) in [5, 5.41) is 0. The zero-order valence-corrected chi connectivity index (χ0v) is 15.5. The Morgan fingerprint density at radius 3 is 2.32 bits per heavy atom. The molecule has 1 aliphatic heterocycles. The Kier molecular flexibility index (Phi) is 5.00. The van der Waals surface area contributed by atoms with Crippen molar-refractivity contribution in [2.45, 2.75) is 19.4 Å². The molecular formula is C21H30N2O2. The van der Waals surface area contributed by atoms with E-state index in [2.05, 4.69) is 34.1 Å². The van der Waals surface area contributed by atoms with E-state index in [0.29, 0.717) is 0 Å². The molecule has 1 saturated heterocycles. The third-order valence-corrected chi connectivity index (χ3v) is 6.23. The normalized spacial score (nSPS) is 29.3. The molecule has 136 valence electrons. The van der Waals surface area contributed by atoms with E-state index >= 15 is 0 Å². The standard InChI is InChI=1S/C21H30N2O2/c1-24-20-6-4-17(13-21(20)25-2)14-22-7-9-23(10-8-22)15-19-12-16-3-5-18(19)11-16/h3-6,13,16,18-19H,7-12,14-15H2,1-2H3/t16-,18-,19+/m1/s1. The maximum Gasteiger partial charge on any atom is 0.161 e. The van der Waals surface area contributed by atoms with E-state index in [1.165, 1.54) is 38.0 Å². The van der Waals surface area contributed by atoms with Gasteiger partial charge in [-0.3, -0.25) is 4.90 Å². The highest BCUT2D eigenvalue weighted by molar-refractivity contribution is 5.42. The van der Waals surface area contributed by atoms with Crippen LogP contribution in [0.1, 0.15) is 18.4 Å². The first-order chi connectivity index (χ1) is 12.2. The van der Waals surface area contributed by atoms with Crippen LogP contribution in [0.25, 0.3) is 0 Å². The van der Waals surface area contributed by atoms with Crippen LogP contribution in [0.2, 0.25) is 0 Å². The van der Waals surface area contributed by atoms with Crippen LogP contribution in [-0.2, 0) is 6.54 Å². The van der Waals surface area contributed by atoms with E-state index in [-0.39, 0.29) is 0 Å². The van der Waals surface area contributed by atoms with E-state index in [1.807, 2.05) is 6.07 Å². The number of rotatable bonds is 6. The van der Waals surface area contributed by atoms with Crippen molar-refractivity contribution in [3.8, 4) is 11.5 Å². The molecule has 3 atom stereocenters. The third-order valence-electron chi connectivity index (χ3n) is 6.23. The molecule has 2 aliphatic carbocycles. The molecule has 1 heterocycles. The van der Waals surface area contributed by atoms with E-state index in [9.17, 15) is 0 Å². The first kappa shape index (κ1) is 16.9. The zero-order chi connectivity index (χ0) is 17.2. The fraction of sp³-hybridized carbons (Fsp3) is 0.619. The molecule has 1 saturated carbocycles. The van der Waals surface area contributed by atoms with Gasteiger partial charge in [0.05, 0.1) is 14.2 Å². The van der Waals surface area contributed by atoms with Crippen molar-refractivity contribution < 1.29 is 9.47 Å². The van der Waals surface area contributed by atoms with Crippen molar-refractivity contribution >= 4 is 0 Å². The number of ether oxygens (including phenoxy) is 2. The number of nitrogens with zero attached hydrogens (tertiary/aromatic N) is 2. The molecule has 4 rings (SSSR count). The molecule has 4 nitrogen and oxygen atoms in total. The van der Waals surface area contributed by atoms with Gasteiger partial charge in [-0.15, -0.1) is 0 Å². The van der Waals surface area contributed by atoms with Crippen molar-refractivity contribution in [1.29, 1.82) is 0 Å². The Balaban J connectivity index is 1.27. The molecular weight excluding hydrogens is 312 g/mol. The van der Waals surface area contributed by atoms with Gasteiger partial charge in [-0.2, -0.15) is 0 Å². The summed E-state index contributed by atoms with van der Waals surface area (Å²) in [6, 6.07) is 6.26. The number of fused-ring (bicyclic) bond motifs is 2. The molecule has 4 heteroatoms. The SMILES string of the molecule is COc1ccc(CN2CCN(C[C@@H]3C[C@@H]4C=C[C@@H]3C4)CC2)cc1OC. The Morgan fingerprint density at radius 1 is 0.920 bits per heavy atom. The molecule has 3 aliphatic rings. The quantitative estimate of drug-likeness (QED) is 0.742. The maximum absolute atomic E-state index is 5.42. The summed E-state index contributed by atoms with van der Waals surface area (Å²) < 4.78 is 10.8. The Bertz CT molecular complexity index is 622. The van der Waals surface area contributed by atoms with Crippen LogP contribution in [0.5, 0.6) is 11.5 Å². The first-order valence-electron chi connectivity index (χ1n) is 9.59. The minimum atomic E-state index is 0.802. The molecule has 0 spiro atoms. The maximum atomic E-state index is 5.42. The lowest BCUT2D eigenvalue weighted by Crippen LogP contribution is -2.47. The van der Waals surface area contributed by atoms with Crippen LogP contribution in [0.4, 0.5) is 0 Å². The van der Waals surface area contributed by atoms with Gasteiger partial charge in [-0.05, 0) is 48.3 Å². The molecule has 0 aromatic heterocycles. The van der Waals surface area contributed by atoms with Crippen molar-refractivity contribution in [1.82, 2.24) is 9.80 Å². The summed E-state index contributed by atoms with van der Waals surface area (Å²) in [5.74, 6) is 4.29. The molecule has 0 unspecified atom stereocenters. The van der Waals surface area contributed by atoms with Crippen LogP contribution >= 0.6 is 0 Å². The summed E-state index contributed by atoms with van der Waals surface area (Å²) in [6.07, 6.45) is 7.77. The second-order valence-corrected chi connectivity index (χ2v) is 7.81. The highest BCUT2D eigenvalue weighted by atomic mass is 16.5. The van der Waals surface area contributed by atoms with Gasteiger partial charge in [0.15, 0.2) is 11.5 Å². The number of benzene rings is 1. The monoisotopic (exact) mass is 342 g/mol. The van der Waals surface area contributed by atoms with Crippen molar-refractivity contribution in [3.63, 3.8) is 0 Å². The summed E-state index contributed by atoms with van der Waals surface area (Å²) >= 11 is 0. The highest BCUT2D eigenvalue weighted by Crippen LogP contribution is 2.43. The third kappa shape index (κ3) is 3.70. The van der Waals surface area contributed by atoms with Crippen LogP contribution in [0, 0.1) is 17.8 Å². The summed E-state index contributed by atoms with van der Waals surface area (Å²) in [7, 11) is 3.38. The van der Waals surface area contributed by atoms with E-state index < -0.39 is 0 Å². The fourth-order valence-electron chi connectivity index (χ4n) is 4.80. The lowest BCUT2D eigenvalue weighted by Gasteiger charge is -2.37. The lowest BCUT2D eigenvalue weighted by molar-refractivity contribution is 0.108. The van der Waals surface area contributed by atoms with Gasteiger partial charge in [-0.25, -0.2) is 0 Å². The number of hydrogen-bond donors (Lipinski definition) is 0. The molecule has 0 N–H and O–H groups in total. The molecule has 0 amide bonds. The Morgan fingerprint density at radius 2 is 1.68 bits per heavy atom. The molecule has 2 bridgehead atoms. The van der Waals surface area contributed by atoms with Crippen LogP contribution < -0.4 is 9.47 Å². The molecule has 1 aromatic carbocycles. The molecule has 0 radical (unpaired) electrons. The van der Waals surface area contributed by atoms with E-state index in [1.54, 1.807) is 14.2 Å². The lowest BCUT2D eigenvalue weighted by atomic mass is 9.93. The number of piperazine rings is 1. The Labute approximate surface area is 151 Å². The predicted molar refractivity (Wildman–Crippen MR) is 100 cm³/mol. The zero-order valence-electron chi connectivity index (χ0n) is 15.5. The molecule has 1 aromatic rings. The van der Waals surface area contributed by atoms with Gasteiger partial charge in [0.2, 0.25) is 0 Å². The number of hydrogen-bond acceptors (Lipinski definition) is 4. The Hall–Kier alpha value is -1.52. The van der Waals surface area contributed by atoms with Gasteiger partial charge in [0, 0.05) is 39.3 Å². The van der Waals surface area contributed by atoms with Gasteiger partial charge in [0.1, 0.15) is 0 Å². The van der Waals surface area contributed by atoms with Gasteiger partial charge >= 0.3 is 0 Å². The summed E-state index contributed by atoms with van der Waals surface area (Å²) in [4.78, 5) is 5.24. The van der Waals surface area contributed by atoms with Gasteiger partial charge in [-0.1, -0.05) is 18.2 Å². The number of allylic oxidation sites excluding steroid dienone is 2. The van der Waals surface area contributed by atoms with Crippen molar-refractivity contribution in [3.05, 3.63) is 35.9 Å². The van der Waals surface area contributed by atoms with Crippen LogP contribution in [0.15, 0.2) is 30.4 Å². The fourth-order valence-corrected chi connectivity index (χ4v) is 4.80. The van der Waals surface area contributed by atoms with Crippen LogP contribution in [-0.4, -0.2) is 56.7 Å². The van der Waals surface area contributed by atoms with Gasteiger partial charge < -0.3 is 14.4 Å². The van der Waals surface area contributed by atoms with Crippen molar-refractivity contribution in [2.75, 3.05) is 46.9 Å². The average Bonchev–Trinajstić information content (AvgIpc) is 3.26. The second kappa shape index (κ2) is 7.38. The van der Waals surface area contributed by atoms with E-state index in [0.717, 1.165) is 48.9 Å². The minimum absolute atomic E-state index is 0.802. The average molecular weight is 342 g/mol. The van der Waals surface area contributed by atoms with Gasteiger partial charge in [0.25, 0.3) is 0 Å². The largest absolute Gasteiger partial charge is 0.493 e. The topological polar surface area (TPSA) is 24.9 Å². The van der Waals surface area contributed by atoms with Crippen molar-refractivity contribution in [2.24, 2.45) is 17.8 Å².